The third-order valence-corrected chi connectivity index (χ3v) is 2.98. The summed E-state index contributed by atoms with van der Waals surface area (Å²) in [6, 6.07) is 10.2. The number of carbonyl (C=O) groups is 1. The van der Waals surface area contributed by atoms with E-state index >= 15 is 0 Å². The van der Waals surface area contributed by atoms with Crippen molar-refractivity contribution in [3.8, 4) is 11.5 Å². The molecule has 1 heterocycles. The van der Waals surface area contributed by atoms with Crippen molar-refractivity contribution < 1.29 is 14.3 Å². The molecule has 0 aliphatic heterocycles. The van der Waals surface area contributed by atoms with Crippen molar-refractivity contribution in [1.82, 2.24) is 4.98 Å². The van der Waals surface area contributed by atoms with Crippen molar-refractivity contribution in [3.05, 3.63) is 53.3 Å². The lowest BCUT2D eigenvalue weighted by molar-refractivity contribution is -0.138. The Morgan fingerprint density at radius 1 is 1.26 bits per heavy atom. The molecule has 0 fully saturated rings. The number of alkyl halides is 1. The molecule has 2 rings (SSSR count). The number of rotatable bonds is 4. The van der Waals surface area contributed by atoms with E-state index in [4.69, 9.17) is 21.1 Å². The number of hydrogen-bond acceptors (Lipinski definition) is 4. The Hall–Kier alpha value is -1.59. The molecule has 0 saturated carbocycles. The maximum Gasteiger partial charge on any atom is 0.368 e. The lowest BCUT2D eigenvalue weighted by Gasteiger charge is -2.12. The highest BCUT2D eigenvalue weighted by atomic mass is 79.9. The van der Waals surface area contributed by atoms with E-state index < -0.39 is 11.5 Å². The van der Waals surface area contributed by atoms with Crippen LogP contribution in [0.3, 0.4) is 0 Å². The van der Waals surface area contributed by atoms with Crippen LogP contribution in [0, 0.1) is 0 Å². The van der Waals surface area contributed by atoms with Crippen LogP contribution < -0.4 is 9.47 Å². The SMILES string of the molecule is O=C(Oc1ccccc1)C(Cl)Oc1ccncc1Br. The summed E-state index contributed by atoms with van der Waals surface area (Å²) in [4.78, 5) is 15.6. The maximum absolute atomic E-state index is 11.7. The first kappa shape index (κ1) is 13.8. The molecule has 1 aromatic carbocycles. The van der Waals surface area contributed by atoms with Gasteiger partial charge < -0.3 is 9.47 Å². The summed E-state index contributed by atoms with van der Waals surface area (Å²) in [5.74, 6) is 0.145. The summed E-state index contributed by atoms with van der Waals surface area (Å²) in [5, 5.41) is 0. The van der Waals surface area contributed by atoms with Gasteiger partial charge in [-0.05, 0) is 34.1 Å². The van der Waals surface area contributed by atoms with Crippen molar-refractivity contribution in [3.63, 3.8) is 0 Å². The van der Waals surface area contributed by atoms with Gasteiger partial charge in [-0.25, -0.2) is 4.79 Å². The molecule has 0 aliphatic carbocycles. The van der Waals surface area contributed by atoms with Crippen LogP contribution >= 0.6 is 27.5 Å². The minimum Gasteiger partial charge on any atom is -0.462 e. The van der Waals surface area contributed by atoms with Crippen LogP contribution in [0.15, 0.2) is 53.3 Å². The first-order valence-electron chi connectivity index (χ1n) is 5.34. The number of aromatic nitrogens is 1. The Labute approximate surface area is 123 Å². The van der Waals surface area contributed by atoms with Crippen molar-refractivity contribution in [1.29, 1.82) is 0 Å². The highest BCUT2D eigenvalue weighted by Gasteiger charge is 2.20. The fourth-order valence-corrected chi connectivity index (χ4v) is 1.75. The van der Waals surface area contributed by atoms with Crippen LogP contribution in [0.1, 0.15) is 0 Å². The number of para-hydroxylation sites is 1. The van der Waals surface area contributed by atoms with Gasteiger partial charge in [0.2, 0.25) is 0 Å². The molecule has 2 aromatic rings. The second-order valence-corrected chi connectivity index (χ2v) is 4.72. The second kappa shape index (κ2) is 6.54. The molecule has 0 radical (unpaired) electrons. The minimum absolute atomic E-state index is 0.413. The zero-order valence-corrected chi connectivity index (χ0v) is 12.0. The van der Waals surface area contributed by atoms with Gasteiger partial charge in [-0.3, -0.25) is 4.98 Å². The molecule has 0 saturated heterocycles. The molecule has 98 valence electrons. The van der Waals surface area contributed by atoms with Gasteiger partial charge in [-0.2, -0.15) is 0 Å². The number of ether oxygens (including phenoxy) is 2. The fraction of sp³-hybridized carbons (Fsp3) is 0.0769. The van der Waals surface area contributed by atoms with Gasteiger partial charge in [0, 0.05) is 12.4 Å². The Bertz CT molecular complexity index is 565. The zero-order valence-electron chi connectivity index (χ0n) is 9.62. The summed E-state index contributed by atoms with van der Waals surface area (Å²) < 4.78 is 10.9. The molecule has 1 aromatic heterocycles. The summed E-state index contributed by atoms with van der Waals surface area (Å²) in [5.41, 5.74) is -1.24. The van der Waals surface area contributed by atoms with Crippen LogP contribution in [0.4, 0.5) is 0 Å². The Morgan fingerprint density at radius 3 is 2.68 bits per heavy atom. The molecule has 1 unspecified atom stereocenters. The number of pyridine rings is 1. The van der Waals surface area contributed by atoms with Crippen molar-refractivity contribution in [2.24, 2.45) is 0 Å². The van der Waals surface area contributed by atoms with E-state index in [0.717, 1.165) is 0 Å². The molecule has 0 N–H and O–H groups in total. The largest absolute Gasteiger partial charge is 0.462 e. The first-order valence-corrected chi connectivity index (χ1v) is 6.57. The highest BCUT2D eigenvalue weighted by Crippen LogP contribution is 2.25. The quantitative estimate of drug-likeness (QED) is 0.485. The average molecular weight is 343 g/mol. The molecule has 0 amide bonds. The third-order valence-electron chi connectivity index (χ3n) is 2.11. The highest BCUT2D eigenvalue weighted by molar-refractivity contribution is 9.10. The average Bonchev–Trinajstić information content (AvgIpc) is 2.42. The van der Waals surface area contributed by atoms with Crippen LogP contribution in [0.5, 0.6) is 11.5 Å². The molecule has 6 heteroatoms. The number of nitrogens with zero attached hydrogens (tertiary/aromatic N) is 1. The molecular weight excluding hydrogens is 334 g/mol. The Morgan fingerprint density at radius 2 is 2.00 bits per heavy atom. The van der Waals surface area contributed by atoms with Gasteiger partial charge in [0.05, 0.1) is 4.47 Å². The monoisotopic (exact) mass is 341 g/mol. The number of esters is 1. The predicted molar refractivity (Wildman–Crippen MR) is 74.3 cm³/mol. The van der Waals surface area contributed by atoms with Gasteiger partial charge >= 0.3 is 5.97 Å². The second-order valence-electron chi connectivity index (χ2n) is 3.47. The summed E-state index contributed by atoms with van der Waals surface area (Å²) in [6.45, 7) is 0. The molecule has 0 bridgehead atoms. The van der Waals surface area contributed by atoms with E-state index in [1.807, 2.05) is 6.07 Å². The Kier molecular flexibility index (Phi) is 4.76. The Balaban J connectivity index is 1.98. The van der Waals surface area contributed by atoms with E-state index in [1.54, 1.807) is 36.5 Å². The summed E-state index contributed by atoms with van der Waals surface area (Å²) >= 11 is 9.09. The lowest BCUT2D eigenvalue weighted by atomic mass is 10.3. The van der Waals surface area contributed by atoms with E-state index in [2.05, 4.69) is 20.9 Å². The fourth-order valence-electron chi connectivity index (χ4n) is 1.27. The zero-order chi connectivity index (χ0) is 13.7. The molecular formula is C13H9BrClNO3. The van der Waals surface area contributed by atoms with Crippen LogP contribution in [-0.2, 0) is 4.79 Å². The van der Waals surface area contributed by atoms with Gasteiger partial charge in [0.1, 0.15) is 11.5 Å². The van der Waals surface area contributed by atoms with E-state index in [0.29, 0.717) is 16.0 Å². The third kappa shape index (κ3) is 3.94. The molecule has 0 aliphatic rings. The van der Waals surface area contributed by atoms with Gasteiger partial charge in [-0.1, -0.05) is 29.8 Å². The van der Waals surface area contributed by atoms with E-state index in [-0.39, 0.29) is 0 Å². The van der Waals surface area contributed by atoms with Gasteiger partial charge in [-0.15, -0.1) is 0 Å². The minimum atomic E-state index is -1.24. The normalized spacial score (nSPS) is 11.7. The maximum atomic E-state index is 11.7. The van der Waals surface area contributed by atoms with Crippen molar-refractivity contribution in [2.75, 3.05) is 0 Å². The van der Waals surface area contributed by atoms with Crippen LogP contribution in [0.2, 0.25) is 0 Å². The smallest absolute Gasteiger partial charge is 0.368 e. The van der Waals surface area contributed by atoms with Crippen molar-refractivity contribution >= 4 is 33.5 Å². The molecule has 4 nitrogen and oxygen atoms in total. The molecule has 1 atom stereocenters. The predicted octanol–water partition coefficient (Wildman–Crippen LogP) is 3.39. The van der Waals surface area contributed by atoms with Crippen LogP contribution in [0.25, 0.3) is 0 Å². The standard InChI is InChI=1S/C13H9BrClNO3/c14-10-8-16-7-6-11(10)19-12(15)13(17)18-9-4-2-1-3-5-9/h1-8,12H. The topological polar surface area (TPSA) is 48.4 Å². The van der Waals surface area contributed by atoms with E-state index in [1.165, 1.54) is 6.20 Å². The van der Waals surface area contributed by atoms with E-state index in [9.17, 15) is 4.79 Å². The van der Waals surface area contributed by atoms with Gasteiger partial charge in [0.15, 0.2) is 0 Å². The number of carbonyl (C=O) groups excluding carboxylic acids is 1. The van der Waals surface area contributed by atoms with Gasteiger partial charge in [0.25, 0.3) is 5.56 Å². The summed E-state index contributed by atoms with van der Waals surface area (Å²) in [7, 11) is 0. The number of benzene rings is 1. The first-order chi connectivity index (χ1) is 9.16. The van der Waals surface area contributed by atoms with Crippen molar-refractivity contribution in [2.45, 2.75) is 5.56 Å². The number of halogens is 2. The summed E-state index contributed by atoms with van der Waals surface area (Å²) in [6.07, 6.45) is 3.08. The lowest BCUT2D eigenvalue weighted by Crippen LogP contribution is -2.26. The van der Waals surface area contributed by atoms with Crippen LogP contribution in [-0.4, -0.2) is 16.5 Å². The molecule has 0 spiro atoms. The molecule has 19 heavy (non-hydrogen) atoms. The number of hydrogen-bond donors (Lipinski definition) is 0.